The zero-order valence-electron chi connectivity index (χ0n) is 13.3. The van der Waals surface area contributed by atoms with Crippen LogP contribution in [0.15, 0.2) is 11.6 Å². The van der Waals surface area contributed by atoms with Crippen LogP contribution in [0.3, 0.4) is 0 Å². The van der Waals surface area contributed by atoms with Crippen molar-refractivity contribution in [2.45, 2.75) is 58.3 Å². The molecule has 0 bridgehead atoms. The number of hydrogen-bond acceptors (Lipinski definition) is 3. The first-order chi connectivity index (χ1) is 10.5. The molecule has 0 saturated heterocycles. The second-order valence-electron chi connectivity index (χ2n) is 8.26. The molecule has 0 aliphatic heterocycles. The Kier molecular flexibility index (Phi) is 3.02. The largest absolute Gasteiger partial charge is 0.302 e. The number of ketones is 2. The fourth-order valence-corrected chi connectivity index (χ4v) is 6.21. The molecule has 0 heterocycles. The van der Waals surface area contributed by atoms with Crippen molar-refractivity contribution in [2.75, 3.05) is 0 Å². The molecule has 0 aromatic carbocycles. The molecule has 4 rings (SSSR count). The quantitative estimate of drug-likeness (QED) is 0.698. The number of fused-ring (bicyclic) bond motifs is 5. The Morgan fingerprint density at radius 1 is 1.14 bits per heavy atom. The number of hydrogen-bond donors (Lipinski definition) is 0. The van der Waals surface area contributed by atoms with E-state index in [0.717, 1.165) is 31.1 Å². The van der Waals surface area contributed by atoms with E-state index in [-0.39, 0.29) is 17.6 Å². The van der Waals surface area contributed by atoms with E-state index in [1.165, 1.54) is 12.8 Å². The third kappa shape index (κ3) is 1.71. The lowest BCUT2D eigenvalue weighted by Gasteiger charge is -2.55. The highest BCUT2D eigenvalue weighted by atomic mass is 16.1. The van der Waals surface area contributed by atoms with E-state index in [4.69, 9.17) is 0 Å². The molecule has 0 radical (unpaired) electrons. The molecule has 22 heavy (non-hydrogen) atoms. The first kappa shape index (κ1) is 14.3. The molecular weight excluding hydrogens is 276 g/mol. The summed E-state index contributed by atoms with van der Waals surface area (Å²) in [6, 6.07) is 0. The maximum Gasteiger partial charge on any atom is 0.155 e. The van der Waals surface area contributed by atoms with Gasteiger partial charge in [-0.25, -0.2) is 0 Å². The van der Waals surface area contributed by atoms with Gasteiger partial charge < -0.3 is 4.79 Å². The van der Waals surface area contributed by atoms with Gasteiger partial charge in [0.05, 0.1) is 5.41 Å². The van der Waals surface area contributed by atoms with Gasteiger partial charge >= 0.3 is 0 Å². The van der Waals surface area contributed by atoms with Gasteiger partial charge in [-0.05, 0) is 61.0 Å². The fourth-order valence-electron chi connectivity index (χ4n) is 6.21. The number of allylic oxidation sites excluding steroid dienone is 1. The second kappa shape index (κ2) is 4.62. The van der Waals surface area contributed by atoms with Gasteiger partial charge in [0.25, 0.3) is 0 Å². The summed E-state index contributed by atoms with van der Waals surface area (Å²) in [5.74, 6) is 1.02. The number of carbonyl (C=O) groups excluding carboxylic acids is 3. The first-order valence-electron chi connectivity index (χ1n) is 8.73. The summed E-state index contributed by atoms with van der Waals surface area (Å²) in [7, 11) is 0. The number of carbonyl (C=O) groups is 3. The molecule has 0 unspecified atom stereocenters. The molecule has 4 aliphatic rings. The average molecular weight is 300 g/mol. The van der Waals surface area contributed by atoms with Crippen molar-refractivity contribution < 1.29 is 14.4 Å². The summed E-state index contributed by atoms with van der Waals surface area (Å²) >= 11 is 0. The van der Waals surface area contributed by atoms with Gasteiger partial charge in [-0.2, -0.15) is 0 Å². The number of aldehydes is 1. The molecule has 118 valence electrons. The zero-order valence-corrected chi connectivity index (χ0v) is 13.3. The van der Waals surface area contributed by atoms with Crippen LogP contribution in [0.1, 0.15) is 58.3 Å². The molecule has 3 fully saturated rings. The predicted octanol–water partition coefficient (Wildman–Crippen LogP) is 3.27. The fraction of sp³-hybridized carbons (Fsp3) is 0.737. The van der Waals surface area contributed by atoms with Crippen LogP contribution in [0.2, 0.25) is 0 Å². The monoisotopic (exact) mass is 300 g/mol. The van der Waals surface area contributed by atoms with E-state index in [1.54, 1.807) is 6.08 Å². The molecule has 0 amide bonds. The third-order valence-electron chi connectivity index (χ3n) is 7.38. The Morgan fingerprint density at radius 2 is 1.95 bits per heavy atom. The zero-order chi connectivity index (χ0) is 15.5. The van der Waals surface area contributed by atoms with Gasteiger partial charge in [0.2, 0.25) is 0 Å². The summed E-state index contributed by atoms with van der Waals surface area (Å²) in [6.45, 7) is 2.34. The molecule has 0 aromatic rings. The molecule has 0 N–H and O–H groups in total. The van der Waals surface area contributed by atoms with E-state index in [9.17, 15) is 14.4 Å². The van der Waals surface area contributed by atoms with Gasteiger partial charge in [0.1, 0.15) is 12.1 Å². The van der Waals surface area contributed by atoms with Crippen LogP contribution in [-0.2, 0) is 14.4 Å². The minimum Gasteiger partial charge on any atom is -0.302 e. The lowest BCUT2D eigenvalue weighted by atomic mass is 9.47. The Hall–Kier alpha value is -1.25. The highest BCUT2D eigenvalue weighted by molar-refractivity contribution is 5.97. The van der Waals surface area contributed by atoms with Crippen molar-refractivity contribution in [1.29, 1.82) is 0 Å². The SMILES string of the molecule is C[C@@]12CCC[C@H]1[C@@H]1C(=O)CC3=CC(=O)CC[C@]3(C=O)[C@H]1CC2. The van der Waals surface area contributed by atoms with Crippen LogP contribution in [0.25, 0.3) is 0 Å². The van der Waals surface area contributed by atoms with E-state index >= 15 is 0 Å². The Morgan fingerprint density at radius 3 is 2.73 bits per heavy atom. The van der Waals surface area contributed by atoms with Crippen molar-refractivity contribution in [1.82, 2.24) is 0 Å². The lowest BCUT2D eigenvalue weighted by molar-refractivity contribution is -0.143. The van der Waals surface area contributed by atoms with Crippen molar-refractivity contribution >= 4 is 17.9 Å². The van der Waals surface area contributed by atoms with Gasteiger partial charge in [-0.1, -0.05) is 13.3 Å². The smallest absolute Gasteiger partial charge is 0.155 e. The van der Waals surface area contributed by atoms with Crippen LogP contribution in [-0.4, -0.2) is 17.9 Å². The first-order valence-corrected chi connectivity index (χ1v) is 8.73. The summed E-state index contributed by atoms with van der Waals surface area (Å²) in [5.41, 5.74) is 0.606. The lowest BCUT2D eigenvalue weighted by Crippen LogP contribution is -2.54. The number of rotatable bonds is 1. The third-order valence-corrected chi connectivity index (χ3v) is 7.38. The van der Waals surface area contributed by atoms with E-state index in [1.807, 2.05) is 0 Å². The van der Waals surface area contributed by atoms with Gasteiger partial charge in [-0.15, -0.1) is 0 Å². The standard InChI is InChI=1S/C19H24O3/c1-18-6-2-3-14(18)17-15(5-7-18)19(11-20)8-4-13(21)9-12(19)10-16(17)22/h9,11,14-15,17H,2-8,10H2,1H3/t14-,15-,17-,18-,19+/m0/s1. The topological polar surface area (TPSA) is 51.2 Å². The van der Waals surface area contributed by atoms with Crippen molar-refractivity contribution in [3.8, 4) is 0 Å². The minimum atomic E-state index is -0.517. The van der Waals surface area contributed by atoms with Crippen LogP contribution in [0.4, 0.5) is 0 Å². The Balaban J connectivity index is 1.80. The van der Waals surface area contributed by atoms with Gasteiger partial charge in [0, 0.05) is 18.8 Å². The van der Waals surface area contributed by atoms with Crippen LogP contribution in [0.5, 0.6) is 0 Å². The van der Waals surface area contributed by atoms with Crippen LogP contribution >= 0.6 is 0 Å². The summed E-state index contributed by atoms with van der Waals surface area (Å²) < 4.78 is 0. The molecule has 3 saturated carbocycles. The Bertz CT molecular complexity index is 589. The van der Waals surface area contributed by atoms with Crippen LogP contribution in [0, 0.1) is 28.6 Å². The molecule has 5 atom stereocenters. The van der Waals surface area contributed by atoms with Crippen molar-refractivity contribution in [3.63, 3.8) is 0 Å². The van der Waals surface area contributed by atoms with Gasteiger partial charge in [0.15, 0.2) is 5.78 Å². The number of Topliss-reactive ketones (excluding diaryl/α,β-unsaturated/α-hetero) is 1. The maximum atomic E-state index is 12.9. The normalized spacial score (nSPS) is 47.3. The Labute approximate surface area is 131 Å². The summed E-state index contributed by atoms with van der Waals surface area (Å²) in [6.07, 6.45) is 9.80. The molecule has 0 spiro atoms. The molecular formula is C19H24O3. The molecule has 3 nitrogen and oxygen atoms in total. The van der Waals surface area contributed by atoms with Crippen molar-refractivity contribution in [3.05, 3.63) is 11.6 Å². The summed E-state index contributed by atoms with van der Waals surface area (Å²) in [5, 5.41) is 0. The van der Waals surface area contributed by atoms with E-state index < -0.39 is 5.41 Å². The maximum absolute atomic E-state index is 12.9. The second-order valence-corrected chi connectivity index (χ2v) is 8.26. The highest BCUT2D eigenvalue weighted by Crippen LogP contribution is 2.63. The predicted molar refractivity (Wildman–Crippen MR) is 82.1 cm³/mol. The van der Waals surface area contributed by atoms with Crippen molar-refractivity contribution in [2.24, 2.45) is 28.6 Å². The highest BCUT2D eigenvalue weighted by Gasteiger charge is 2.60. The summed E-state index contributed by atoms with van der Waals surface area (Å²) in [4.78, 5) is 36.7. The van der Waals surface area contributed by atoms with E-state index in [0.29, 0.717) is 36.4 Å². The average Bonchev–Trinajstić information content (AvgIpc) is 2.88. The van der Waals surface area contributed by atoms with Crippen LogP contribution < -0.4 is 0 Å². The minimum absolute atomic E-state index is 0.0526. The molecule has 4 aliphatic carbocycles. The van der Waals surface area contributed by atoms with Gasteiger partial charge in [-0.3, -0.25) is 9.59 Å². The molecule has 0 aromatic heterocycles. The molecule has 3 heteroatoms. The van der Waals surface area contributed by atoms with E-state index in [2.05, 4.69) is 6.92 Å².